The fraction of sp³-hybridized carbons (Fsp3) is 0.391. The minimum Gasteiger partial charge on any atom is -0.226 e. The molecule has 0 saturated carbocycles. The van der Waals surface area contributed by atoms with Crippen LogP contribution in [-0.2, 0) is 6.42 Å². The summed E-state index contributed by atoms with van der Waals surface area (Å²) in [6.07, 6.45) is 6.16. The van der Waals surface area contributed by atoms with E-state index in [0.29, 0.717) is 5.82 Å². The smallest absolute Gasteiger partial charge is 0.206 e. The van der Waals surface area contributed by atoms with Gasteiger partial charge in [0, 0.05) is 24.1 Å². The molecule has 2 heteroatoms. The van der Waals surface area contributed by atoms with Gasteiger partial charge in [0.1, 0.15) is 5.69 Å². The SMILES string of the molecule is CCCCC#Cc1nc(C)c(C)c(C#CCCCc2ccccc2)n1. The number of hydrogen-bond donors (Lipinski definition) is 0. The van der Waals surface area contributed by atoms with Crippen LogP contribution in [0.5, 0.6) is 0 Å². The molecule has 0 spiro atoms. The molecule has 0 fully saturated rings. The molecule has 0 atom stereocenters. The third-order valence-electron chi connectivity index (χ3n) is 4.06. The fourth-order valence-corrected chi connectivity index (χ4v) is 2.38. The zero-order valence-corrected chi connectivity index (χ0v) is 15.5. The molecule has 0 saturated heterocycles. The molecule has 1 aromatic carbocycles. The first-order valence-electron chi connectivity index (χ1n) is 9.07. The van der Waals surface area contributed by atoms with E-state index < -0.39 is 0 Å². The predicted molar refractivity (Wildman–Crippen MR) is 104 cm³/mol. The molecule has 128 valence electrons. The molecule has 0 bridgehead atoms. The second-order valence-corrected chi connectivity index (χ2v) is 6.15. The van der Waals surface area contributed by atoms with E-state index in [1.165, 1.54) is 5.56 Å². The lowest BCUT2D eigenvalue weighted by Crippen LogP contribution is -2.00. The first kappa shape index (κ1) is 18.8. The van der Waals surface area contributed by atoms with Gasteiger partial charge in [0.15, 0.2) is 0 Å². The lowest BCUT2D eigenvalue weighted by atomic mass is 10.1. The summed E-state index contributed by atoms with van der Waals surface area (Å²) in [5, 5.41) is 0. The Morgan fingerprint density at radius 3 is 2.36 bits per heavy atom. The molecule has 1 aromatic heterocycles. The normalized spacial score (nSPS) is 9.72. The zero-order chi connectivity index (χ0) is 17.9. The highest BCUT2D eigenvalue weighted by Gasteiger charge is 2.04. The van der Waals surface area contributed by atoms with E-state index in [1.807, 2.05) is 19.9 Å². The van der Waals surface area contributed by atoms with Crippen LogP contribution in [0.4, 0.5) is 0 Å². The van der Waals surface area contributed by atoms with Gasteiger partial charge in [-0.2, -0.15) is 0 Å². The summed E-state index contributed by atoms with van der Waals surface area (Å²) in [5.74, 6) is 13.3. The Morgan fingerprint density at radius 2 is 1.60 bits per heavy atom. The van der Waals surface area contributed by atoms with Crippen molar-refractivity contribution in [3.8, 4) is 23.7 Å². The highest BCUT2D eigenvalue weighted by molar-refractivity contribution is 5.39. The molecule has 0 aliphatic rings. The molecule has 2 rings (SSSR count). The number of nitrogens with zero attached hydrogens (tertiary/aromatic N) is 2. The predicted octanol–water partition coefficient (Wildman–Crippen LogP) is 5.01. The largest absolute Gasteiger partial charge is 0.226 e. The summed E-state index contributed by atoms with van der Waals surface area (Å²) in [5.41, 5.74) is 4.19. The molecule has 0 aliphatic heterocycles. The molecule has 0 radical (unpaired) electrons. The monoisotopic (exact) mass is 330 g/mol. The van der Waals surface area contributed by atoms with Gasteiger partial charge in [-0.15, -0.1) is 0 Å². The van der Waals surface area contributed by atoms with Crippen molar-refractivity contribution in [3.63, 3.8) is 0 Å². The minimum atomic E-state index is 0.591. The Balaban J connectivity index is 1.98. The van der Waals surface area contributed by atoms with Crippen molar-refractivity contribution in [2.45, 2.75) is 59.3 Å². The number of benzene rings is 1. The van der Waals surface area contributed by atoms with E-state index in [0.717, 1.165) is 55.5 Å². The van der Waals surface area contributed by atoms with Gasteiger partial charge in [-0.05, 0) is 50.5 Å². The van der Waals surface area contributed by atoms with Crippen LogP contribution in [-0.4, -0.2) is 9.97 Å². The first-order valence-corrected chi connectivity index (χ1v) is 9.07. The third kappa shape index (κ3) is 6.44. The Hall–Kier alpha value is -2.58. The van der Waals surface area contributed by atoms with E-state index in [2.05, 4.69) is 64.8 Å². The van der Waals surface area contributed by atoms with Crippen LogP contribution in [0.1, 0.15) is 67.4 Å². The van der Waals surface area contributed by atoms with Gasteiger partial charge in [-0.25, -0.2) is 9.97 Å². The van der Waals surface area contributed by atoms with Crippen LogP contribution in [0.2, 0.25) is 0 Å². The van der Waals surface area contributed by atoms with Gasteiger partial charge in [-0.1, -0.05) is 55.5 Å². The maximum Gasteiger partial charge on any atom is 0.206 e. The van der Waals surface area contributed by atoms with Crippen molar-refractivity contribution in [1.82, 2.24) is 9.97 Å². The van der Waals surface area contributed by atoms with Gasteiger partial charge < -0.3 is 0 Å². The summed E-state index contributed by atoms with van der Waals surface area (Å²) in [6.45, 7) is 6.19. The van der Waals surface area contributed by atoms with Crippen LogP contribution in [0.3, 0.4) is 0 Å². The van der Waals surface area contributed by atoms with Crippen LogP contribution in [0.25, 0.3) is 0 Å². The standard InChI is InChI=1S/C23H26N2/c1-4-5-6-13-18-23-24-20(3)19(2)22(25-23)17-12-8-11-16-21-14-9-7-10-15-21/h7,9-10,14-15H,4-6,8,11,16H2,1-3H3. The fourth-order valence-electron chi connectivity index (χ4n) is 2.38. The van der Waals surface area contributed by atoms with E-state index >= 15 is 0 Å². The number of hydrogen-bond acceptors (Lipinski definition) is 2. The summed E-state index contributed by atoms with van der Waals surface area (Å²) >= 11 is 0. The highest BCUT2D eigenvalue weighted by Crippen LogP contribution is 2.09. The van der Waals surface area contributed by atoms with Gasteiger partial charge in [0.05, 0.1) is 0 Å². The zero-order valence-electron chi connectivity index (χ0n) is 15.5. The number of aromatic nitrogens is 2. The number of rotatable bonds is 5. The lowest BCUT2D eigenvalue weighted by molar-refractivity contribution is 0.827. The van der Waals surface area contributed by atoms with E-state index in [-0.39, 0.29) is 0 Å². The minimum absolute atomic E-state index is 0.591. The lowest BCUT2D eigenvalue weighted by Gasteiger charge is -2.02. The van der Waals surface area contributed by atoms with Crippen LogP contribution < -0.4 is 0 Å². The Kier molecular flexibility index (Phi) is 7.74. The van der Waals surface area contributed by atoms with E-state index in [1.54, 1.807) is 0 Å². The molecule has 2 nitrogen and oxygen atoms in total. The van der Waals surface area contributed by atoms with Crippen molar-refractivity contribution in [2.75, 3.05) is 0 Å². The molecular weight excluding hydrogens is 304 g/mol. The summed E-state index contributed by atoms with van der Waals surface area (Å²) in [6, 6.07) is 10.5. The number of unbranched alkanes of at least 4 members (excludes halogenated alkanes) is 3. The van der Waals surface area contributed by atoms with Crippen molar-refractivity contribution < 1.29 is 0 Å². The first-order chi connectivity index (χ1) is 12.2. The van der Waals surface area contributed by atoms with Crippen LogP contribution in [0, 0.1) is 37.5 Å². The second kappa shape index (κ2) is 10.3. The summed E-state index contributed by atoms with van der Waals surface area (Å²) < 4.78 is 0. The highest BCUT2D eigenvalue weighted by atomic mass is 14.9. The summed E-state index contributed by atoms with van der Waals surface area (Å²) in [7, 11) is 0. The average Bonchev–Trinajstić information content (AvgIpc) is 2.63. The van der Waals surface area contributed by atoms with Crippen molar-refractivity contribution in [1.29, 1.82) is 0 Å². The van der Waals surface area contributed by atoms with Gasteiger partial charge in [0.25, 0.3) is 0 Å². The molecule has 0 aliphatic carbocycles. The quantitative estimate of drug-likeness (QED) is 0.569. The molecule has 1 heterocycles. The molecular formula is C23H26N2. The topological polar surface area (TPSA) is 25.8 Å². The van der Waals surface area contributed by atoms with Crippen LogP contribution >= 0.6 is 0 Å². The number of aryl methyl sites for hydroxylation is 2. The van der Waals surface area contributed by atoms with Crippen molar-refractivity contribution in [2.24, 2.45) is 0 Å². The Labute approximate surface area is 152 Å². The van der Waals surface area contributed by atoms with Gasteiger partial charge >= 0.3 is 0 Å². The molecule has 0 unspecified atom stereocenters. The van der Waals surface area contributed by atoms with Crippen molar-refractivity contribution in [3.05, 3.63) is 58.7 Å². The maximum atomic E-state index is 4.53. The van der Waals surface area contributed by atoms with Gasteiger partial charge in [-0.3, -0.25) is 0 Å². The Bertz CT molecular complexity index is 799. The Morgan fingerprint density at radius 1 is 0.880 bits per heavy atom. The average molecular weight is 330 g/mol. The molecule has 25 heavy (non-hydrogen) atoms. The van der Waals surface area contributed by atoms with Crippen molar-refractivity contribution >= 4 is 0 Å². The molecule has 0 N–H and O–H groups in total. The van der Waals surface area contributed by atoms with Crippen LogP contribution in [0.15, 0.2) is 30.3 Å². The maximum absolute atomic E-state index is 4.53. The van der Waals surface area contributed by atoms with Gasteiger partial charge in [0.2, 0.25) is 5.82 Å². The molecule has 0 amide bonds. The second-order valence-electron chi connectivity index (χ2n) is 6.15. The third-order valence-corrected chi connectivity index (χ3v) is 4.06. The summed E-state index contributed by atoms with van der Waals surface area (Å²) in [4.78, 5) is 8.99. The van der Waals surface area contributed by atoms with E-state index in [9.17, 15) is 0 Å². The van der Waals surface area contributed by atoms with E-state index in [4.69, 9.17) is 0 Å². The molecule has 2 aromatic rings.